The molecule has 0 aliphatic rings. The Hall–Kier alpha value is -1.39. The molecule has 0 bridgehead atoms. The van der Waals surface area contributed by atoms with E-state index in [4.69, 9.17) is 0 Å². The monoisotopic (exact) mass is 263 g/mol. The van der Waals surface area contributed by atoms with Crippen molar-refractivity contribution in [1.82, 2.24) is 4.98 Å². The van der Waals surface area contributed by atoms with Crippen LogP contribution in [-0.2, 0) is 0 Å². The summed E-state index contributed by atoms with van der Waals surface area (Å²) in [5, 5.41) is 10.1. The van der Waals surface area contributed by atoms with E-state index in [9.17, 15) is 9.50 Å². The Morgan fingerprint density at radius 1 is 1.39 bits per heavy atom. The fourth-order valence-electron chi connectivity index (χ4n) is 1.65. The number of benzene rings is 1. The van der Waals surface area contributed by atoms with Crippen molar-refractivity contribution in [3.8, 4) is 0 Å². The van der Waals surface area contributed by atoms with Crippen molar-refractivity contribution in [3.63, 3.8) is 0 Å². The van der Waals surface area contributed by atoms with Crippen LogP contribution in [-0.4, -0.2) is 15.8 Å². The van der Waals surface area contributed by atoms with E-state index < -0.39 is 6.10 Å². The van der Waals surface area contributed by atoms with Crippen molar-refractivity contribution >= 4 is 11.8 Å². The minimum atomic E-state index is -0.591. The molecule has 2 nitrogen and oxygen atoms in total. The number of aryl methyl sites for hydroxylation is 1. The van der Waals surface area contributed by atoms with Crippen LogP contribution in [0.1, 0.15) is 17.2 Å². The van der Waals surface area contributed by atoms with Gasteiger partial charge in [0.25, 0.3) is 0 Å². The van der Waals surface area contributed by atoms with E-state index in [1.807, 2.05) is 19.1 Å². The normalized spacial score (nSPS) is 12.4. The van der Waals surface area contributed by atoms with Crippen LogP contribution in [0.4, 0.5) is 4.39 Å². The second kappa shape index (κ2) is 5.98. The van der Waals surface area contributed by atoms with Gasteiger partial charge in [0.15, 0.2) is 0 Å². The summed E-state index contributed by atoms with van der Waals surface area (Å²) < 4.78 is 13.0. The molecule has 18 heavy (non-hydrogen) atoms. The van der Waals surface area contributed by atoms with Crippen LogP contribution in [0.3, 0.4) is 0 Å². The van der Waals surface area contributed by atoms with Crippen molar-refractivity contribution in [2.45, 2.75) is 17.9 Å². The van der Waals surface area contributed by atoms with Crippen LogP contribution >= 0.6 is 11.8 Å². The molecule has 0 aliphatic carbocycles. The van der Waals surface area contributed by atoms with Gasteiger partial charge in [0, 0.05) is 28.6 Å². The molecular weight excluding hydrogens is 249 g/mol. The first-order valence-corrected chi connectivity index (χ1v) is 6.62. The van der Waals surface area contributed by atoms with Crippen molar-refractivity contribution in [2.24, 2.45) is 0 Å². The lowest BCUT2D eigenvalue weighted by Crippen LogP contribution is -2.03. The molecule has 2 aromatic rings. The van der Waals surface area contributed by atoms with Crippen LogP contribution in [0.5, 0.6) is 0 Å². The van der Waals surface area contributed by atoms with E-state index in [2.05, 4.69) is 4.98 Å². The second-order valence-electron chi connectivity index (χ2n) is 4.02. The van der Waals surface area contributed by atoms with Crippen LogP contribution < -0.4 is 0 Å². The number of rotatable bonds is 4. The summed E-state index contributed by atoms with van der Waals surface area (Å²) in [6, 6.07) is 8.24. The molecule has 4 heteroatoms. The zero-order valence-electron chi connectivity index (χ0n) is 10.0. The van der Waals surface area contributed by atoms with Crippen molar-refractivity contribution in [1.29, 1.82) is 0 Å². The number of nitrogens with zero attached hydrogens (tertiary/aromatic N) is 1. The lowest BCUT2D eigenvalue weighted by atomic mass is 10.1. The fraction of sp³-hybridized carbons (Fsp3) is 0.214. The predicted octanol–water partition coefficient (Wildman–Crippen LogP) is 3.35. The number of halogens is 1. The van der Waals surface area contributed by atoms with E-state index in [1.165, 1.54) is 23.9 Å². The Balaban J connectivity index is 2.00. The van der Waals surface area contributed by atoms with Gasteiger partial charge in [-0.3, -0.25) is 4.98 Å². The second-order valence-corrected chi connectivity index (χ2v) is 5.11. The highest BCUT2D eigenvalue weighted by Crippen LogP contribution is 2.26. The summed E-state index contributed by atoms with van der Waals surface area (Å²) in [6.45, 7) is 1.94. The van der Waals surface area contributed by atoms with Gasteiger partial charge in [0.2, 0.25) is 0 Å². The highest BCUT2D eigenvalue weighted by Gasteiger charge is 2.11. The minimum absolute atomic E-state index is 0.257. The molecule has 0 amide bonds. The van der Waals surface area contributed by atoms with Crippen molar-refractivity contribution in [3.05, 3.63) is 59.7 Å². The maximum atomic E-state index is 13.0. The SMILES string of the molecule is Cc1ccncc1C(O)CSc1cccc(F)c1. The number of aliphatic hydroxyl groups is 1. The van der Waals surface area contributed by atoms with Gasteiger partial charge < -0.3 is 5.11 Å². The molecule has 1 heterocycles. The van der Waals surface area contributed by atoms with Crippen LogP contribution in [0.25, 0.3) is 0 Å². The van der Waals surface area contributed by atoms with Crippen molar-refractivity contribution < 1.29 is 9.50 Å². The number of aliphatic hydroxyl groups excluding tert-OH is 1. The molecule has 0 fully saturated rings. The Morgan fingerprint density at radius 2 is 2.22 bits per heavy atom. The molecule has 0 spiro atoms. The lowest BCUT2D eigenvalue weighted by molar-refractivity contribution is 0.203. The molecule has 2 rings (SSSR count). The fourth-order valence-corrected chi connectivity index (χ4v) is 2.55. The predicted molar refractivity (Wildman–Crippen MR) is 71.1 cm³/mol. The third-order valence-electron chi connectivity index (χ3n) is 2.64. The molecular formula is C14H14FNOS. The highest BCUT2D eigenvalue weighted by atomic mass is 32.2. The first kappa shape index (κ1) is 13.1. The molecule has 1 N–H and O–H groups in total. The Labute approximate surface area is 110 Å². The third-order valence-corrected chi connectivity index (χ3v) is 3.71. The van der Waals surface area contributed by atoms with Gasteiger partial charge in [0.05, 0.1) is 6.10 Å². The topological polar surface area (TPSA) is 33.1 Å². The van der Waals surface area contributed by atoms with Gasteiger partial charge in [-0.2, -0.15) is 0 Å². The zero-order chi connectivity index (χ0) is 13.0. The summed E-state index contributed by atoms with van der Waals surface area (Å²) >= 11 is 1.43. The van der Waals surface area contributed by atoms with E-state index in [1.54, 1.807) is 18.5 Å². The van der Waals surface area contributed by atoms with E-state index >= 15 is 0 Å². The molecule has 1 aromatic carbocycles. The smallest absolute Gasteiger partial charge is 0.124 e. The molecule has 94 valence electrons. The Morgan fingerprint density at radius 3 is 2.94 bits per heavy atom. The number of aromatic nitrogens is 1. The van der Waals surface area contributed by atoms with E-state index in [0.717, 1.165) is 16.0 Å². The summed E-state index contributed by atoms with van der Waals surface area (Å²) in [5.74, 6) is 0.225. The van der Waals surface area contributed by atoms with E-state index in [-0.39, 0.29) is 5.82 Å². The average Bonchev–Trinajstić information content (AvgIpc) is 2.37. The van der Waals surface area contributed by atoms with Gasteiger partial charge in [0.1, 0.15) is 5.82 Å². The molecule has 1 atom stereocenters. The summed E-state index contributed by atoms with van der Waals surface area (Å²) in [7, 11) is 0. The highest BCUT2D eigenvalue weighted by molar-refractivity contribution is 7.99. The molecule has 0 aliphatic heterocycles. The number of hydrogen-bond donors (Lipinski definition) is 1. The van der Waals surface area contributed by atoms with Gasteiger partial charge in [-0.15, -0.1) is 11.8 Å². The number of hydrogen-bond acceptors (Lipinski definition) is 3. The quantitative estimate of drug-likeness (QED) is 0.859. The van der Waals surface area contributed by atoms with Crippen LogP contribution in [0.15, 0.2) is 47.6 Å². The number of thioether (sulfide) groups is 1. The van der Waals surface area contributed by atoms with Gasteiger partial charge in [-0.25, -0.2) is 4.39 Å². The van der Waals surface area contributed by atoms with E-state index in [0.29, 0.717) is 5.75 Å². The van der Waals surface area contributed by atoms with Crippen LogP contribution in [0, 0.1) is 12.7 Å². The van der Waals surface area contributed by atoms with Gasteiger partial charge in [-0.1, -0.05) is 6.07 Å². The standard InChI is InChI=1S/C14H14FNOS/c1-10-5-6-16-8-13(10)14(17)9-18-12-4-2-3-11(15)7-12/h2-8,14,17H,9H2,1H3. The number of pyridine rings is 1. The molecule has 0 saturated heterocycles. The maximum absolute atomic E-state index is 13.0. The van der Waals surface area contributed by atoms with Crippen molar-refractivity contribution in [2.75, 3.05) is 5.75 Å². The molecule has 1 aromatic heterocycles. The Bertz CT molecular complexity index is 533. The van der Waals surface area contributed by atoms with Crippen LogP contribution in [0.2, 0.25) is 0 Å². The largest absolute Gasteiger partial charge is 0.387 e. The minimum Gasteiger partial charge on any atom is -0.387 e. The van der Waals surface area contributed by atoms with Gasteiger partial charge >= 0.3 is 0 Å². The summed E-state index contributed by atoms with van der Waals surface area (Å²) in [5.41, 5.74) is 1.83. The summed E-state index contributed by atoms with van der Waals surface area (Å²) in [6.07, 6.45) is 2.78. The van der Waals surface area contributed by atoms with Gasteiger partial charge in [-0.05, 0) is 36.8 Å². The molecule has 0 saturated carbocycles. The lowest BCUT2D eigenvalue weighted by Gasteiger charge is -2.12. The average molecular weight is 263 g/mol. The Kier molecular flexibility index (Phi) is 4.33. The third kappa shape index (κ3) is 3.31. The first-order chi connectivity index (χ1) is 8.66. The summed E-state index contributed by atoms with van der Waals surface area (Å²) in [4.78, 5) is 4.82. The molecule has 1 unspecified atom stereocenters. The molecule has 0 radical (unpaired) electrons. The maximum Gasteiger partial charge on any atom is 0.124 e. The zero-order valence-corrected chi connectivity index (χ0v) is 10.8. The first-order valence-electron chi connectivity index (χ1n) is 5.64.